The monoisotopic (exact) mass is 374 g/mol. The van der Waals surface area contributed by atoms with Gasteiger partial charge in [0.05, 0.1) is 9.50 Å². The summed E-state index contributed by atoms with van der Waals surface area (Å²) in [5.74, 6) is -0.378. The average molecular weight is 376 g/mol. The molecule has 6 heteroatoms. The van der Waals surface area contributed by atoms with Gasteiger partial charge in [0, 0.05) is 0 Å². The highest BCUT2D eigenvalue weighted by molar-refractivity contribution is 9.10. The number of fused-ring (bicyclic) bond motifs is 1. The summed E-state index contributed by atoms with van der Waals surface area (Å²) in [7, 11) is 0. The molecule has 1 unspecified atom stereocenters. The Kier molecular flexibility index (Phi) is 7.68. The van der Waals surface area contributed by atoms with Gasteiger partial charge in [-0.15, -0.1) is 6.58 Å². The standard InChI is InChI=1S/C10H8BrClN2O2.C3H6.C2H6/c1-3-10(2)13-8(15)7-6(12)4-5(11)9(16)14(7)10;1-3-2;1-2/h3-4H,1H2,2H3,(H,13,15);3H,1H2,2H3;1-2H3. The van der Waals surface area contributed by atoms with Crippen LogP contribution in [0.1, 0.15) is 38.2 Å². The molecular weight excluding hydrogens is 356 g/mol. The molecule has 0 saturated carbocycles. The smallest absolute Gasteiger partial charge is 0.271 e. The van der Waals surface area contributed by atoms with Gasteiger partial charge in [-0.2, -0.15) is 0 Å². The third kappa shape index (κ3) is 3.86. The number of carbonyl (C=O) groups excluding carboxylic acids is 1. The van der Waals surface area contributed by atoms with Crippen LogP contribution < -0.4 is 10.9 Å². The normalized spacial score (nSPS) is 18.3. The van der Waals surface area contributed by atoms with Crippen molar-refractivity contribution >= 4 is 33.4 Å². The summed E-state index contributed by atoms with van der Waals surface area (Å²) in [6, 6.07) is 1.42. The minimum absolute atomic E-state index is 0.164. The third-order valence-corrected chi connectivity index (χ3v) is 3.41. The minimum atomic E-state index is -0.934. The molecular formula is C15H20BrClN2O2. The van der Waals surface area contributed by atoms with Crippen LogP contribution in [0.15, 0.2) is 40.6 Å². The first-order valence-electron chi connectivity index (χ1n) is 6.47. The number of hydrogen-bond acceptors (Lipinski definition) is 2. The van der Waals surface area contributed by atoms with Crippen molar-refractivity contribution in [1.82, 2.24) is 9.88 Å². The van der Waals surface area contributed by atoms with E-state index in [1.807, 2.05) is 20.8 Å². The van der Waals surface area contributed by atoms with E-state index in [9.17, 15) is 9.59 Å². The molecule has 1 aliphatic heterocycles. The average Bonchev–Trinajstić information content (AvgIpc) is 2.72. The number of nitrogens with zero attached hydrogens (tertiary/aromatic N) is 1. The van der Waals surface area contributed by atoms with Crippen molar-refractivity contribution in [2.75, 3.05) is 0 Å². The van der Waals surface area contributed by atoms with E-state index in [1.165, 1.54) is 16.7 Å². The molecule has 1 N–H and O–H groups in total. The number of aromatic nitrogens is 1. The van der Waals surface area contributed by atoms with Crippen LogP contribution in [0.4, 0.5) is 0 Å². The molecule has 0 saturated heterocycles. The van der Waals surface area contributed by atoms with Crippen LogP contribution >= 0.6 is 27.5 Å². The molecule has 21 heavy (non-hydrogen) atoms. The summed E-state index contributed by atoms with van der Waals surface area (Å²) in [5, 5.41) is 2.89. The van der Waals surface area contributed by atoms with Crippen molar-refractivity contribution < 1.29 is 4.79 Å². The lowest BCUT2D eigenvalue weighted by Crippen LogP contribution is -2.43. The van der Waals surface area contributed by atoms with Gasteiger partial charge >= 0.3 is 0 Å². The van der Waals surface area contributed by atoms with Gasteiger partial charge in [0.25, 0.3) is 11.5 Å². The molecule has 0 bridgehead atoms. The van der Waals surface area contributed by atoms with Crippen molar-refractivity contribution in [3.05, 3.63) is 56.9 Å². The number of allylic oxidation sites excluding steroid dienone is 1. The molecule has 1 aliphatic rings. The molecule has 1 aromatic rings. The van der Waals surface area contributed by atoms with Gasteiger partial charge in [0.1, 0.15) is 11.4 Å². The van der Waals surface area contributed by atoms with Crippen LogP contribution in [0.25, 0.3) is 0 Å². The predicted octanol–water partition coefficient (Wildman–Crippen LogP) is 4.08. The number of amides is 1. The molecule has 0 aliphatic carbocycles. The Labute approximate surface area is 138 Å². The van der Waals surface area contributed by atoms with E-state index in [1.54, 1.807) is 13.0 Å². The number of halogens is 2. The SMILES string of the molecule is C=CC.C=CC1(C)NC(=O)c2c(Cl)cc(Br)c(=O)n21.CC. The van der Waals surface area contributed by atoms with Crippen LogP contribution in [0.5, 0.6) is 0 Å². The second kappa shape index (κ2) is 8.20. The topological polar surface area (TPSA) is 51.1 Å². The predicted molar refractivity (Wildman–Crippen MR) is 91.9 cm³/mol. The van der Waals surface area contributed by atoms with Gasteiger partial charge in [0.2, 0.25) is 0 Å². The summed E-state index contributed by atoms with van der Waals surface area (Å²) in [6.07, 6.45) is 3.24. The van der Waals surface area contributed by atoms with Crippen molar-refractivity contribution in [2.24, 2.45) is 0 Å². The highest BCUT2D eigenvalue weighted by atomic mass is 79.9. The maximum Gasteiger partial charge on any atom is 0.271 e. The first-order chi connectivity index (χ1) is 9.82. The van der Waals surface area contributed by atoms with Gasteiger partial charge in [-0.1, -0.05) is 38.1 Å². The van der Waals surface area contributed by atoms with Crippen LogP contribution in [0, 0.1) is 0 Å². The maximum absolute atomic E-state index is 12.0. The van der Waals surface area contributed by atoms with E-state index in [-0.39, 0.29) is 22.2 Å². The van der Waals surface area contributed by atoms with Gasteiger partial charge in [-0.05, 0) is 41.9 Å². The molecule has 1 aromatic heterocycles. The summed E-state index contributed by atoms with van der Waals surface area (Å²) in [5.41, 5.74) is -1.09. The number of rotatable bonds is 1. The molecule has 2 rings (SSSR count). The lowest BCUT2D eigenvalue weighted by atomic mass is 10.2. The molecule has 1 atom stereocenters. The first-order valence-corrected chi connectivity index (χ1v) is 7.64. The Morgan fingerprint density at radius 2 is 1.86 bits per heavy atom. The molecule has 0 spiro atoms. The van der Waals surface area contributed by atoms with E-state index in [2.05, 4.69) is 34.4 Å². The highest BCUT2D eigenvalue weighted by Gasteiger charge is 2.39. The quantitative estimate of drug-likeness (QED) is 0.752. The Bertz CT molecular complexity index is 610. The zero-order chi connectivity index (χ0) is 16.8. The second-order valence-corrected chi connectivity index (χ2v) is 5.30. The fourth-order valence-electron chi connectivity index (χ4n) is 1.70. The fourth-order valence-corrected chi connectivity index (χ4v) is 2.51. The number of hydrogen-bond donors (Lipinski definition) is 1. The van der Waals surface area contributed by atoms with Crippen LogP contribution in [-0.4, -0.2) is 10.5 Å². The van der Waals surface area contributed by atoms with Gasteiger partial charge in [-0.25, -0.2) is 0 Å². The molecule has 4 nitrogen and oxygen atoms in total. The number of nitrogens with one attached hydrogen (secondary N) is 1. The van der Waals surface area contributed by atoms with Crippen molar-refractivity contribution in [1.29, 1.82) is 0 Å². The maximum atomic E-state index is 12.0. The Morgan fingerprint density at radius 1 is 1.38 bits per heavy atom. The van der Waals surface area contributed by atoms with Crippen LogP contribution in [-0.2, 0) is 5.66 Å². The minimum Gasteiger partial charge on any atom is -0.324 e. The molecule has 0 fully saturated rings. The lowest BCUT2D eigenvalue weighted by Gasteiger charge is -2.22. The zero-order valence-electron chi connectivity index (χ0n) is 12.7. The van der Waals surface area contributed by atoms with E-state index in [0.717, 1.165) is 0 Å². The summed E-state index contributed by atoms with van der Waals surface area (Å²) in [6.45, 7) is 14.5. The fraction of sp³-hybridized carbons (Fsp3) is 0.333. The van der Waals surface area contributed by atoms with Crippen LogP contribution in [0.2, 0.25) is 5.02 Å². The molecule has 1 amide bonds. The molecule has 116 valence electrons. The summed E-state index contributed by atoms with van der Waals surface area (Å²) in [4.78, 5) is 23.7. The van der Waals surface area contributed by atoms with Crippen molar-refractivity contribution in [3.63, 3.8) is 0 Å². The van der Waals surface area contributed by atoms with Gasteiger partial charge in [-0.3, -0.25) is 14.2 Å². The van der Waals surface area contributed by atoms with Crippen LogP contribution in [0.3, 0.4) is 0 Å². The third-order valence-electron chi connectivity index (χ3n) is 2.55. The van der Waals surface area contributed by atoms with E-state index < -0.39 is 5.66 Å². The number of pyridine rings is 1. The van der Waals surface area contributed by atoms with Gasteiger partial charge < -0.3 is 5.32 Å². The molecule has 2 heterocycles. The second-order valence-electron chi connectivity index (χ2n) is 4.04. The lowest BCUT2D eigenvalue weighted by molar-refractivity contribution is 0.0944. The summed E-state index contributed by atoms with van der Waals surface area (Å²) < 4.78 is 1.61. The van der Waals surface area contributed by atoms with Crippen molar-refractivity contribution in [3.8, 4) is 0 Å². The van der Waals surface area contributed by atoms with E-state index in [0.29, 0.717) is 4.47 Å². The zero-order valence-corrected chi connectivity index (χ0v) is 15.0. The van der Waals surface area contributed by atoms with E-state index in [4.69, 9.17) is 11.6 Å². The molecule has 0 radical (unpaired) electrons. The van der Waals surface area contributed by atoms with Crippen molar-refractivity contribution in [2.45, 2.75) is 33.4 Å². The molecule has 0 aromatic carbocycles. The van der Waals surface area contributed by atoms with E-state index >= 15 is 0 Å². The highest BCUT2D eigenvalue weighted by Crippen LogP contribution is 2.28. The Hall–Kier alpha value is -1.33. The largest absolute Gasteiger partial charge is 0.324 e. The summed E-state index contributed by atoms with van der Waals surface area (Å²) >= 11 is 9.05. The van der Waals surface area contributed by atoms with Gasteiger partial charge in [0.15, 0.2) is 0 Å². The number of carbonyl (C=O) groups is 1. The first kappa shape index (κ1) is 19.7. The Morgan fingerprint density at radius 3 is 2.29 bits per heavy atom. The Balaban J connectivity index is 0.000000713.